The Morgan fingerprint density at radius 3 is 2.50 bits per heavy atom. The Morgan fingerprint density at radius 2 is 1.81 bits per heavy atom. The minimum absolute atomic E-state index is 0.0466. The molecule has 0 atom stereocenters. The fourth-order valence-electron chi connectivity index (χ4n) is 3.31. The Balaban J connectivity index is 1.50. The topological polar surface area (TPSA) is 64.2 Å². The van der Waals surface area contributed by atoms with Crippen LogP contribution in [-0.4, -0.2) is 38.4 Å². The number of carbonyl (C=O) groups is 1. The summed E-state index contributed by atoms with van der Waals surface area (Å²) in [7, 11) is 1.74. The van der Waals surface area contributed by atoms with Gasteiger partial charge in [-0.2, -0.15) is 0 Å². The number of halogens is 1. The van der Waals surface area contributed by atoms with Crippen LogP contribution in [0.4, 0.5) is 4.39 Å². The average molecular weight is 451 g/mol. The lowest BCUT2D eigenvalue weighted by molar-refractivity contribution is -0.127. The van der Waals surface area contributed by atoms with Crippen LogP contribution in [0.1, 0.15) is 16.9 Å². The number of benzene rings is 2. The number of aromatic nitrogens is 3. The number of carbonyl (C=O) groups excluding carboxylic acids is 1. The number of thioether (sulfide) groups is 1. The summed E-state index contributed by atoms with van der Waals surface area (Å²) in [4.78, 5) is 14.3. The highest BCUT2D eigenvalue weighted by Gasteiger charge is 2.19. The van der Waals surface area contributed by atoms with Crippen LogP contribution in [0.3, 0.4) is 0 Å². The highest BCUT2D eigenvalue weighted by atomic mass is 32.2. The second-order valence-electron chi connectivity index (χ2n) is 7.43. The molecule has 4 aromatic rings. The van der Waals surface area contributed by atoms with Gasteiger partial charge in [-0.15, -0.1) is 10.2 Å². The molecule has 0 radical (unpaired) electrons. The molecule has 0 spiro atoms. The van der Waals surface area contributed by atoms with Crippen molar-refractivity contribution in [1.29, 1.82) is 0 Å². The Hall–Kier alpha value is -3.39. The van der Waals surface area contributed by atoms with Gasteiger partial charge in [-0.1, -0.05) is 54.2 Å². The molecule has 6 nitrogen and oxygen atoms in total. The van der Waals surface area contributed by atoms with Gasteiger partial charge >= 0.3 is 0 Å². The molecule has 2 heterocycles. The molecule has 164 valence electrons. The fourth-order valence-corrected chi connectivity index (χ4v) is 4.19. The van der Waals surface area contributed by atoms with Crippen molar-refractivity contribution >= 4 is 17.7 Å². The quantitative estimate of drug-likeness (QED) is 0.361. The maximum absolute atomic E-state index is 13.1. The number of hydrogen-bond donors (Lipinski definition) is 0. The van der Waals surface area contributed by atoms with Gasteiger partial charge in [0.1, 0.15) is 11.6 Å². The molecule has 0 saturated carbocycles. The molecule has 0 bridgehead atoms. The molecule has 32 heavy (non-hydrogen) atoms. The SMILES string of the molecule is Cc1occc1-c1nnc(SCC(=O)N(C)Cc2ccc(F)cc2)n1Cc1ccccc1. The van der Waals surface area contributed by atoms with Gasteiger partial charge in [0.2, 0.25) is 5.91 Å². The lowest BCUT2D eigenvalue weighted by Gasteiger charge is -2.17. The highest BCUT2D eigenvalue weighted by molar-refractivity contribution is 7.99. The third-order valence-electron chi connectivity index (χ3n) is 5.08. The van der Waals surface area contributed by atoms with Crippen molar-refractivity contribution in [3.05, 3.63) is 89.6 Å². The van der Waals surface area contributed by atoms with Crippen LogP contribution in [0, 0.1) is 12.7 Å². The number of aryl methyl sites for hydroxylation is 1. The zero-order valence-electron chi connectivity index (χ0n) is 17.9. The van der Waals surface area contributed by atoms with Crippen molar-refractivity contribution in [1.82, 2.24) is 19.7 Å². The van der Waals surface area contributed by atoms with Crippen molar-refractivity contribution in [2.45, 2.75) is 25.2 Å². The maximum atomic E-state index is 13.1. The zero-order chi connectivity index (χ0) is 22.5. The van der Waals surface area contributed by atoms with E-state index < -0.39 is 0 Å². The lowest BCUT2D eigenvalue weighted by Crippen LogP contribution is -2.27. The third kappa shape index (κ3) is 5.08. The Kier molecular flexibility index (Phi) is 6.70. The van der Waals surface area contributed by atoms with E-state index in [-0.39, 0.29) is 17.5 Å². The lowest BCUT2D eigenvalue weighted by atomic mass is 10.2. The van der Waals surface area contributed by atoms with Crippen molar-refractivity contribution in [3.8, 4) is 11.4 Å². The fraction of sp³-hybridized carbons (Fsp3) is 0.208. The number of hydrogen-bond acceptors (Lipinski definition) is 5. The summed E-state index contributed by atoms with van der Waals surface area (Å²) in [5.41, 5.74) is 2.86. The van der Waals surface area contributed by atoms with Gasteiger partial charge in [0.05, 0.1) is 24.1 Å². The third-order valence-corrected chi connectivity index (χ3v) is 6.04. The van der Waals surface area contributed by atoms with Crippen molar-refractivity contribution in [3.63, 3.8) is 0 Å². The Labute approximate surface area is 190 Å². The van der Waals surface area contributed by atoms with E-state index in [1.165, 1.54) is 23.9 Å². The van der Waals surface area contributed by atoms with E-state index in [4.69, 9.17) is 4.42 Å². The molecule has 0 aliphatic rings. The molecular weight excluding hydrogens is 427 g/mol. The van der Waals surface area contributed by atoms with Crippen LogP contribution < -0.4 is 0 Å². The molecule has 1 amide bonds. The predicted octanol–water partition coefficient (Wildman–Crippen LogP) is 4.78. The molecule has 0 saturated heterocycles. The standard InChI is InChI=1S/C24H23FN4O2S/c1-17-21(12-13-31-17)23-26-27-24(29(23)15-18-6-4-3-5-7-18)32-16-22(30)28(2)14-19-8-10-20(25)11-9-19/h3-13H,14-16H2,1-2H3. The summed E-state index contributed by atoms with van der Waals surface area (Å²) in [6.45, 7) is 2.88. The molecular formula is C24H23FN4O2S. The van der Waals surface area contributed by atoms with Crippen LogP contribution >= 0.6 is 11.8 Å². The first-order valence-corrected chi connectivity index (χ1v) is 11.1. The predicted molar refractivity (Wildman–Crippen MR) is 122 cm³/mol. The number of rotatable bonds is 8. The van der Waals surface area contributed by atoms with Gasteiger partial charge in [0, 0.05) is 13.6 Å². The summed E-state index contributed by atoms with van der Waals surface area (Å²) in [5, 5.41) is 9.40. The van der Waals surface area contributed by atoms with Gasteiger partial charge in [-0.25, -0.2) is 4.39 Å². The van der Waals surface area contributed by atoms with Crippen LogP contribution in [0.5, 0.6) is 0 Å². The summed E-state index contributed by atoms with van der Waals surface area (Å²) in [5.74, 6) is 1.34. The van der Waals surface area contributed by atoms with E-state index in [1.807, 2.05) is 47.9 Å². The molecule has 0 N–H and O–H groups in total. The number of nitrogens with zero attached hydrogens (tertiary/aromatic N) is 4. The van der Waals surface area contributed by atoms with E-state index >= 15 is 0 Å². The van der Waals surface area contributed by atoms with Crippen molar-refractivity contribution in [2.24, 2.45) is 0 Å². The molecule has 2 aromatic heterocycles. The molecule has 0 aliphatic heterocycles. The monoisotopic (exact) mass is 450 g/mol. The van der Waals surface area contributed by atoms with E-state index in [1.54, 1.807) is 30.3 Å². The first kappa shape index (κ1) is 21.8. The largest absolute Gasteiger partial charge is 0.469 e. The summed E-state index contributed by atoms with van der Waals surface area (Å²) in [6, 6.07) is 18.1. The maximum Gasteiger partial charge on any atom is 0.233 e. The second kappa shape index (κ2) is 9.82. The summed E-state index contributed by atoms with van der Waals surface area (Å²) >= 11 is 1.35. The zero-order valence-corrected chi connectivity index (χ0v) is 18.7. The number of furan rings is 1. The number of amides is 1. The van der Waals surface area contributed by atoms with Gasteiger partial charge in [0.25, 0.3) is 0 Å². The van der Waals surface area contributed by atoms with Gasteiger partial charge < -0.3 is 9.32 Å². The summed E-state index contributed by atoms with van der Waals surface area (Å²) < 4.78 is 20.6. The molecule has 8 heteroatoms. The van der Waals surface area contributed by atoms with Crippen molar-refractivity contribution < 1.29 is 13.6 Å². The molecule has 0 aliphatic carbocycles. The first-order valence-electron chi connectivity index (χ1n) is 10.1. The first-order chi connectivity index (χ1) is 15.5. The highest BCUT2D eigenvalue weighted by Crippen LogP contribution is 2.28. The van der Waals surface area contributed by atoms with E-state index in [9.17, 15) is 9.18 Å². The minimum atomic E-state index is -0.292. The minimum Gasteiger partial charge on any atom is -0.469 e. The van der Waals surface area contributed by atoms with E-state index in [0.29, 0.717) is 24.1 Å². The average Bonchev–Trinajstić information content (AvgIpc) is 3.39. The van der Waals surface area contributed by atoms with Crippen LogP contribution in [0.25, 0.3) is 11.4 Å². The normalized spacial score (nSPS) is 11.0. The Bertz CT molecular complexity index is 1190. The molecule has 2 aromatic carbocycles. The van der Waals surface area contributed by atoms with Crippen LogP contribution in [0.2, 0.25) is 0 Å². The second-order valence-corrected chi connectivity index (χ2v) is 8.38. The molecule has 0 unspecified atom stereocenters. The summed E-state index contributed by atoms with van der Waals surface area (Å²) in [6.07, 6.45) is 1.63. The van der Waals surface area contributed by atoms with Gasteiger partial charge in [-0.05, 0) is 36.2 Å². The van der Waals surface area contributed by atoms with Gasteiger partial charge in [-0.3, -0.25) is 9.36 Å². The molecule has 4 rings (SSSR count). The van der Waals surface area contributed by atoms with Crippen LogP contribution in [-0.2, 0) is 17.9 Å². The van der Waals surface area contributed by atoms with E-state index in [2.05, 4.69) is 10.2 Å². The van der Waals surface area contributed by atoms with E-state index in [0.717, 1.165) is 22.5 Å². The van der Waals surface area contributed by atoms with Crippen LogP contribution in [0.15, 0.2) is 76.5 Å². The smallest absolute Gasteiger partial charge is 0.233 e. The van der Waals surface area contributed by atoms with Gasteiger partial charge in [0.15, 0.2) is 11.0 Å². The Morgan fingerprint density at radius 1 is 1.06 bits per heavy atom. The van der Waals surface area contributed by atoms with Crippen molar-refractivity contribution in [2.75, 3.05) is 12.8 Å². The molecule has 0 fully saturated rings.